The smallest absolute Gasteiger partial charge is 0.299 e. The van der Waals surface area contributed by atoms with Crippen LogP contribution >= 0.6 is 0 Å². The van der Waals surface area contributed by atoms with E-state index in [9.17, 15) is 13.5 Å². The molecule has 1 aromatic carbocycles. The molecule has 5 nitrogen and oxygen atoms in total. The Labute approximate surface area is 88.3 Å². The molecule has 0 spiro atoms. The number of rotatable bonds is 4. The first kappa shape index (κ1) is 10.3. The topological polar surface area (TPSA) is 78.4 Å². The third-order valence-corrected chi connectivity index (χ3v) is 3.18. The monoisotopic (exact) mass is 228 g/mol. The molecule has 15 heavy (non-hydrogen) atoms. The maximum Gasteiger partial charge on any atom is 0.299 e. The van der Waals surface area contributed by atoms with Gasteiger partial charge in [0.05, 0.1) is 5.69 Å². The number of phenols is 1. The second-order valence-electron chi connectivity index (χ2n) is 3.51. The van der Waals surface area contributed by atoms with Gasteiger partial charge in [0.2, 0.25) is 0 Å². The van der Waals surface area contributed by atoms with Crippen LogP contribution in [0.5, 0.6) is 5.75 Å². The summed E-state index contributed by atoms with van der Waals surface area (Å²) in [5, 5.41) is 9.37. The van der Waals surface area contributed by atoms with Crippen LogP contribution in [0.3, 0.4) is 0 Å². The molecular weight excluding hydrogens is 216 g/mol. The van der Waals surface area contributed by atoms with Gasteiger partial charge in [-0.2, -0.15) is 13.1 Å². The summed E-state index contributed by atoms with van der Waals surface area (Å²) in [4.78, 5) is 0. The molecule has 0 aliphatic heterocycles. The van der Waals surface area contributed by atoms with Crippen molar-refractivity contribution in [3.05, 3.63) is 24.3 Å². The summed E-state index contributed by atoms with van der Waals surface area (Å²) in [5.74, 6) is -0.0846. The first-order valence-electron chi connectivity index (χ1n) is 4.65. The van der Waals surface area contributed by atoms with E-state index in [4.69, 9.17) is 0 Å². The summed E-state index contributed by atoms with van der Waals surface area (Å²) >= 11 is 0. The highest BCUT2D eigenvalue weighted by Gasteiger charge is 2.27. The number of nitrogens with one attached hydrogen (secondary N) is 2. The van der Waals surface area contributed by atoms with Gasteiger partial charge in [0.15, 0.2) is 0 Å². The van der Waals surface area contributed by atoms with Crippen LogP contribution in [0.2, 0.25) is 0 Å². The Morgan fingerprint density at radius 3 is 2.53 bits per heavy atom. The molecule has 1 saturated carbocycles. The van der Waals surface area contributed by atoms with E-state index < -0.39 is 10.2 Å². The van der Waals surface area contributed by atoms with Crippen LogP contribution in [0.4, 0.5) is 5.69 Å². The lowest BCUT2D eigenvalue weighted by Gasteiger charge is -2.09. The SMILES string of the molecule is O=S(=O)(Nc1ccccc1O)NC1CC1. The van der Waals surface area contributed by atoms with Crippen molar-refractivity contribution >= 4 is 15.9 Å². The van der Waals surface area contributed by atoms with Crippen molar-refractivity contribution in [1.82, 2.24) is 4.72 Å². The molecule has 1 aliphatic carbocycles. The molecule has 0 unspecified atom stereocenters. The number of anilines is 1. The Morgan fingerprint density at radius 1 is 1.27 bits per heavy atom. The number of hydrogen-bond donors (Lipinski definition) is 3. The summed E-state index contributed by atoms with van der Waals surface area (Å²) in [7, 11) is -3.55. The van der Waals surface area contributed by atoms with Gasteiger partial charge in [-0.25, -0.2) is 0 Å². The number of hydrogen-bond acceptors (Lipinski definition) is 3. The minimum atomic E-state index is -3.55. The zero-order valence-electron chi connectivity index (χ0n) is 7.97. The lowest BCUT2D eigenvalue weighted by Crippen LogP contribution is -2.31. The second kappa shape index (κ2) is 3.71. The van der Waals surface area contributed by atoms with Crippen LogP contribution in [0.25, 0.3) is 0 Å². The van der Waals surface area contributed by atoms with E-state index >= 15 is 0 Å². The maximum absolute atomic E-state index is 11.5. The van der Waals surface area contributed by atoms with E-state index in [1.165, 1.54) is 12.1 Å². The van der Waals surface area contributed by atoms with E-state index in [1.807, 2.05) is 0 Å². The lowest BCUT2D eigenvalue weighted by atomic mass is 10.3. The predicted molar refractivity (Wildman–Crippen MR) is 56.8 cm³/mol. The Morgan fingerprint density at radius 2 is 1.93 bits per heavy atom. The molecule has 0 amide bonds. The summed E-state index contributed by atoms with van der Waals surface area (Å²) < 4.78 is 27.7. The van der Waals surface area contributed by atoms with Gasteiger partial charge >= 0.3 is 0 Å². The summed E-state index contributed by atoms with van der Waals surface area (Å²) in [6, 6.07) is 6.25. The van der Waals surface area contributed by atoms with Gasteiger partial charge in [0.25, 0.3) is 10.2 Å². The van der Waals surface area contributed by atoms with Crippen LogP contribution in [0, 0.1) is 0 Å². The fourth-order valence-corrected chi connectivity index (χ4v) is 2.35. The van der Waals surface area contributed by atoms with Gasteiger partial charge < -0.3 is 5.11 Å². The minimum absolute atomic E-state index is 0.0494. The summed E-state index contributed by atoms with van der Waals surface area (Å²) in [5.41, 5.74) is 0.186. The number of phenolic OH excluding ortho intramolecular Hbond substituents is 1. The number of para-hydroxylation sites is 2. The van der Waals surface area contributed by atoms with Crippen LogP contribution in [0.1, 0.15) is 12.8 Å². The molecule has 1 fully saturated rings. The zero-order valence-corrected chi connectivity index (χ0v) is 8.79. The number of benzene rings is 1. The van der Waals surface area contributed by atoms with Crippen LogP contribution in [0.15, 0.2) is 24.3 Å². The molecule has 1 aliphatic rings. The average molecular weight is 228 g/mol. The van der Waals surface area contributed by atoms with E-state index in [0.717, 1.165) is 12.8 Å². The molecule has 0 heterocycles. The Balaban J connectivity index is 2.10. The largest absolute Gasteiger partial charge is 0.506 e. The van der Waals surface area contributed by atoms with Crippen molar-refractivity contribution < 1.29 is 13.5 Å². The van der Waals surface area contributed by atoms with Gasteiger partial charge in [-0.05, 0) is 25.0 Å². The van der Waals surface area contributed by atoms with E-state index in [0.29, 0.717) is 0 Å². The van der Waals surface area contributed by atoms with Gasteiger partial charge in [0.1, 0.15) is 5.75 Å². The Hall–Kier alpha value is -1.27. The van der Waals surface area contributed by atoms with Crippen molar-refractivity contribution in [3.63, 3.8) is 0 Å². The second-order valence-corrected chi connectivity index (χ2v) is 4.96. The quantitative estimate of drug-likeness (QED) is 0.667. The van der Waals surface area contributed by atoms with Crippen molar-refractivity contribution in [2.24, 2.45) is 0 Å². The first-order chi connectivity index (χ1) is 7.07. The van der Waals surface area contributed by atoms with Crippen molar-refractivity contribution in [2.75, 3.05) is 4.72 Å². The van der Waals surface area contributed by atoms with E-state index in [1.54, 1.807) is 12.1 Å². The minimum Gasteiger partial charge on any atom is -0.506 e. The van der Waals surface area contributed by atoms with Crippen molar-refractivity contribution in [3.8, 4) is 5.75 Å². The molecule has 0 saturated heterocycles. The highest BCUT2D eigenvalue weighted by molar-refractivity contribution is 7.90. The maximum atomic E-state index is 11.5. The zero-order chi connectivity index (χ0) is 10.9. The third-order valence-electron chi connectivity index (χ3n) is 2.05. The molecule has 3 N–H and O–H groups in total. The van der Waals surface area contributed by atoms with Crippen LogP contribution in [-0.4, -0.2) is 19.6 Å². The highest BCUT2D eigenvalue weighted by Crippen LogP contribution is 2.24. The fraction of sp³-hybridized carbons (Fsp3) is 0.333. The highest BCUT2D eigenvalue weighted by atomic mass is 32.2. The molecular formula is C9H12N2O3S. The van der Waals surface area contributed by atoms with Gasteiger partial charge in [-0.1, -0.05) is 12.1 Å². The number of aromatic hydroxyl groups is 1. The predicted octanol–water partition coefficient (Wildman–Crippen LogP) is 0.801. The van der Waals surface area contributed by atoms with E-state index in [2.05, 4.69) is 9.44 Å². The molecule has 0 aromatic heterocycles. The van der Waals surface area contributed by atoms with Crippen LogP contribution in [-0.2, 0) is 10.2 Å². The van der Waals surface area contributed by atoms with Gasteiger partial charge in [-0.3, -0.25) is 4.72 Å². The standard InChI is InChI=1S/C9H12N2O3S/c12-9-4-2-1-3-8(9)11-15(13,14)10-7-5-6-7/h1-4,7,10-12H,5-6H2. The van der Waals surface area contributed by atoms with E-state index in [-0.39, 0.29) is 17.5 Å². The first-order valence-corrected chi connectivity index (χ1v) is 6.13. The Bertz CT molecular complexity index is 454. The molecule has 0 bridgehead atoms. The molecule has 82 valence electrons. The van der Waals surface area contributed by atoms with Crippen LogP contribution < -0.4 is 9.44 Å². The summed E-state index contributed by atoms with van der Waals surface area (Å²) in [6.45, 7) is 0. The fourth-order valence-electron chi connectivity index (χ4n) is 1.15. The molecule has 6 heteroatoms. The third kappa shape index (κ3) is 2.84. The normalized spacial score (nSPS) is 16.3. The lowest BCUT2D eigenvalue weighted by molar-refractivity contribution is 0.477. The molecule has 0 atom stereocenters. The molecule has 1 aromatic rings. The molecule has 2 rings (SSSR count). The van der Waals surface area contributed by atoms with Gasteiger partial charge in [-0.15, -0.1) is 0 Å². The van der Waals surface area contributed by atoms with Crippen molar-refractivity contribution in [1.29, 1.82) is 0 Å². The summed E-state index contributed by atoms with van der Waals surface area (Å²) in [6.07, 6.45) is 1.75. The van der Waals surface area contributed by atoms with Gasteiger partial charge in [0, 0.05) is 6.04 Å². The van der Waals surface area contributed by atoms with Crippen molar-refractivity contribution in [2.45, 2.75) is 18.9 Å². The average Bonchev–Trinajstić information content (AvgIpc) is 2.91. The molecule has 0 radical (unpaired) electrons. The Kier molecular flexibility index (Phi) is 2.54.